The van der Waals surface area contributed by atoms with Crippen LogP contribution in [0.4, 0.5) is 0 Å². The van der Waals surface area contributed by atoms with E-state index in [2.05, 4.69) is 0 Å². The average Bonchev–Trinajstić information content (AvgIpc) is 3.36. The Bertz CT molecular complexity index is 953. The zero-order valence-electron chi connectivity index (χ0n) is 13.1. The van der Waals surface area contributed by atoms with Gasteiger partial charge < -0.3 is 13.7 Å². The van der Waals surface area contributed by atoms with E-state index >= 15 is 0 Å². The van der Waals surface area contributed by atoms with Gasteiger partial charge in [-0.2, -0.15) is 0 Å². The fourth-order valence-electron chi connectivity index (χ4n) is 2.68. The van der Waals surface area contributed by atoms with E-state index in [4.69, 9.17) is 20.4 Å². The summed E-state index contributed by atoms with van der Waals surface area (Å²) in [6.07, 6.45) is 3.19. The fourth-order valence-corrected chi connectivity index (χ4v) is 4.16. The van der Waals surface area contributed by atoms with Gasteiger partial charge in [-0.25, -0.2) is 0 Å². The molecule has 0 aliphatic rings. The SMILES string of the molecule is O=C(c1sc2ccccc2c1Cl)N(Cc1ccco1)Cc1ccco1. The predicted molar refractivity (Wildman–Crippen MR) is 97.8 cm³/mol. The van der Waals surface area contributed by atoms with Gasteiger partial charge in [-0.3, -0.25) is 4.79 Å². The molecular weight excluding hydrogens is 358 g/mol. The summed E-state index contributed by atoms with van der Waals surface area (Å²) >= 11 is 7.88. The summed E-state index contributed by atoms with van der Waals surface area (Å²) in [5, 5.41) is 1.39. The standard InChI is InChI=1S/C19H14ClNO3S/c20-17-15-7-1-2-8-16(15)25-18(17)19(22)21(11-13-5-3-9-23-13)12-14-6-4-10-24-14/h1-10H,11-12H2. The maximum atomic E-state index is 13.2. The van der Waals surface area contributed by atoms with E-state index in [1.165, 1.54) is 11.3 Å². The Balaban J connectivity index is 1.69. The smallest absolute Gasteiger partial charge is 0.266 e. The van der Waals surface area contributed by atoms with Crippen LogP contribution in [0.1, 0.15) is 21.2 Å². The lowest BCUT2D eigenvalue weighted by Crippen LogP contribution is -2.29. The highest BCUT2D eigenvalue weighted by atomic mass is 35.5. The van der Waals surface area contributed by atoms with Crippen LogP contribution in [0.25, 0.3) is 10.1 Å². The third kappa shape index (κ3) is 3.21. The lowest BCUT2D eigenvalue weighted by Gasteiger charge is -2.20. The van der Waals surface area contributed by atoms with Crippen molar-refractivity contribution in [3.63, 3.8) is 0 Å². The van der Waals surface area contributed by atoms with Crippen LogP contribution < -0.4 is 0 Å². The molecule has 0 unspecified atom stereocenters. The van der Waals surface area contributed by atoms with Crippen LogP contribution >= 0.6 is 22.9 Å². The Morgan fingerprint density at radius 2 is 1.60 bits per heavy atom. The number of benzene rings is 1. The van der Waals surface area contributed by atoms with E-state index < -0.39 is 0 Å². The molecule has 0 bridgehead atoms. The molecule has 0 aliphatic carbocycles. The van der Waals surface area contributed by atoms with Crippen molar-refractivity contribution in [3.05, 3.63) is 82.5 Å². The molecule has 0 saturated carbocycles. The van der Waals surface area contributed by atoms with Crippen LogP contribution in [0.5, 0.6) is 0 Å². The lowest BCUT2D eigenvalue weighted by molar-refractivity contribution is 0.0710. The van der Waals surface area contributed by atoms with Gasteiger partial charge in [0.25, 0.3) is 5.91 Å². The number of carbonyl (C=O) groups excluding carboxylic acids is 1. The molecule has 25 heavy (non-hydrogen) atoms. The largest absolute Gasteiger partial charge is 0.467 e. The number of thiophene rings is 1. The highest BCUT2D eigenvalue weighted by Crippen LogP contribution is 2.36. The first-order valence-corrected chi connectivity index (χ1v) is 8.93. The van der Waals surface area contributed by atoms with Crippen molar-refractivity contribution in [2.75, 3.05) is 0 Å². The number of hydrogen-bond donors (Lipinski definition) is 0. The number of carbonyl (C=O) groups is 1. The minimum atomic E-state index is -0.140. The maximum absolute atomic E-state index is 13.2. The number of halogens is 1. The van der Waals surface area contributed by atoms with Gasteiger partial charge in [-0.15, -0.1) is 11.3 Å². The summed E-state index contributed by atoms with van der Waals surface area (Å²) in [6.45, 7) is 0.689. The van der Waals surface area contributed by atoms with Gasteiger partial charge in [0.05, 0.1) is 30.6 Å². The minimum Gasteiger partial charge on any atom is -0.467 e. The van der Waals surface area contributed by atoms with Gasteiger partial charge >= 0.3 is 0 Å². The van der Waals surface area contributed by atoms with Crippen LogP contribution in [0, 0.1) is 0 Å². The third-order valence-corrected chi connectivity index (χ3v) is 5.53. The van der Waals surface area contributed by atoms with Crippen molar-refractivity contribution in [1.82, 2.24) is 4.90 Å². The van der Waals surface area contributed by atoms with Crippen molar-refractivity contribution in [3.8, 4) is 0 Å². The summed E-state index contributed by atoms with van der Waals surface area (Å²) in [6, 6.07) is 15.0. The first kappa shape index (κ1) is 16.0. The molecule has 0 N–H and O–H groups in total. The molecule has 0 aliphatic heterocycles. The summed E-state index contributed by atoms with van der Waals surface area (Å²) < 4.78 is 11.8. The van der Waals surface area contributed by atoms with Gasteiger partial charge in [0.2, 0.25) is 0 Å². The fraction of sp³-hybridized carbons (Fsp3) is 0.105. The molecule has 126 valence electrons. The summed E-state index contributed by atoms with van der Waals surface area (Å²) in [5.41, 5.74) is 0. The number of furan rings is 2. The molecule has 0 saturated heterocycles. The predicted octanol–water partition coefficient (Wildman–Crippen LogP) is 5.58. The molecule has 4 aromatic rings. The van der Waals surface area contributed by atoms with E-state index in [-0.39, 0.29) is 5.91 Å². The van der Waals surface area contributed by atoms with Crippen molar-refractivity contribution in [2.24, 2.45) is 0 Å². The van der Waals surface area contributed by atoms with Crippen LogP contribution in [0.15, 0.2) is 69.9 Å². The Labute approximate surface area is 153 Å². The monoisotopic (exact) mass is 371 g/mol. The van der Waals surface area contributed by atoms with Gasteiger partial charge in [0.15, 0.2) is 0 Å². The molecule has 4 rings (SSSR count). The second-order valence-corrected chi connectivity index (χ2v) is 6.99. The second-order valence-electron chi connectivity index (χ2n) is 5.56. The van der Waals surface area contributed by atoms with Gasteiger partial charge in [-0.1, -0.05) is 29.8 Å². The Kier molecular flexibility index (Phi) is 4.34. The molecule has 1 aromatic carbocycles. The quantitative estimate of drug-likeness (QED) is 0.460. The van der Waals surface area contributed by atoms with Crippen molar-refractivity contribution < 1.29 is 13.6 Å². The number of nitrogens with zero attached hydrogens (tertiary/aromatic N) is 1. The molecule has 4 nitrogen and oxygen atoms in total. The van der Waals surface area contributed by atoms with E-state index in [1.54, 1.807) is 29.6 Å². The van der Waals surface area contributed by atoms with Crippen LogP contribution in [-0.2, 0) is 13.1 Å². The molecule has 0 atom stereocenters. The van der Waals surface area contributed by atoms with Crippen molar-refractivity contribution >= 4 is 38.9 Å². The van der Waals surface area contributed by atoms with E-state index in [9.17, 15) is 4.79 Å². The number of fused-ring (bicyclic) bond motifs is 1. The normalized spacial score (nSPS) is 11.1. The second kappa shape index (κ2) is 6.78. The summed E-state index contributed by atoms with van der Waals surface area (Å²) in [7, 11) is 0. The van der Waals surface area contributed by atoms with Crippen molar-refractivity contribution in [2.45, 2.75) is 13.1 Å². The molecule has 3 heterocycles. The zero-order chi connectivity index (χ0) is 17.2. The molecule has 0 radical (unpaired) electrons. The molecule has 6 heteroatoms. The number of amides is 1. The average molecular weight is 372 g/mol. The van der Waals surface area contributed by atoms with Crippen molar-refractivity contribution in [1.29, 1.82) is 0 Å². The molecule has 0 spiro atoms. The van der Waals surface area contributed by atoms with Gasteiger partial charge in [-0.05, 0) is 30.3 Å². The highest BCUT2D eigenvalue weighted by molar-refractivity contribution is 7.21. The van der Waals surface area contributed by atoms with Gasteiger partial charge in [0, 0.05) is 10.1 Å². The Morgan fingerprint density at radius 3 is 2.16 bits per heavy atom. The van der Waals surface area contributed by atoms with E-state index in [1.807, 2.05) is 36.4 Å². The van der Waals surface area contributed by atoms with E-state index in [0.29, 0.717) is 34.5 Å². The lowest BCUT2D eigenvalue weighted by atomic mass is 10.2. The molecule has 1 amide bonds. The molecular formula is C19H14ClNO3S. The first-order chi connectivity index (χ1) is 12.2. The number of hydrogen-bond acceptors (Lipinski definition) is 4. The summed E-state index contributed by atoms with van der Waals surface area (Å²) in [5.74, 6) is 1.27. The summed E-state index contributed by atoms with van der Waals surface area (Å²) in [4.78, 5) is 15.4. The topological polar surface area (TPSA) is 46.6 Å². The Morgan fingerprint density at radius 1 is 0.960 bits per heavy atom. The maximum Gasteiger partial charge on any atom is 0.266 e. The zero-order valence-corrected chi connectivity index (χ0v) is 14.7. The first-order valence-electron chi connectivity index (χ1n) is 7.73. The van der Waals surface area contributed by atoms with Crippen LogP contribution in [0.2, 0.25) is 5.02 Å². The van der Waals surface area contributed by atoms with E-state index in [0.717, 1.165) is 10.1 Å². The Hall–Kier alpha value is -2.50. The minimum absolute atomic E-state index is 0.140. The molecule has 3 aromatic heterocycles. The van der Waals surface area contributed by atoms with Gasteiger partial charge in [0.1, 0.15) is 16.4 Å². The number of rotatable bonds is 5. The highest BCUT2D eigenvalue weighted by Gasteiger charge is 2.24. The van der Waals surface area contributed by atoms with Crippen LogP contribution in [-0.4, -0.2) is 10.8 Å². The van der Waals surface area contributed by atoms with Crippen LogP contribution in [0.3, 0.4) is 0 Å². The third-order valence-electron chi connectivity index (χ3n) is 3.87. The molecule has 0 fully saturated rings.